The first kappa shape index (κ1) is 19.4. The van der Waals surface area contributed by atoms with Crippen molar-refractivity contribution in [2.45, 2.75) is 78.1 Å². The Morgan fingerprint density at radius 2 is 1.81 bits per heavy atom. The molecule has 142 valence electrons. The summed E-state index contributed by atoms with van der Waals surface area (Å²) in [7, 11) is 0. The number of hydrogen-bond acceptors (Lipinski definition) is 0. The van der Waals surface area contributed by atoms with E-state index in [2.05, 4.69) is 32.1 Å². The molecule has 1 aromatic rings. The van der Waals surface area contributed by atoms with Gasteiger partial charge in [0.25, 0.3) is 0 Å². The summed E-state index contributed by atoms with van der Waals surface area (Å²) in [4.78, 5) is 0. The Balaban J connectivity index is 1.62. The first-order valence-corrected chi connectivity index (χ1v) is 10.8. The molecule has 0 nitrogen and oxygen atoms in total. The van der Waals surface area contributed by atoms with E-state index in [1.165, 1.54) is 57.8 Å². The first-order valence-electron chi connectivity index (χ1n) is 10.8. The van der Waals surface area contributed by atoms with Crippen molar-refractivity contribution >= 4 is 5.57 Å². The Kier molecular flexibility index (Phi) is 6.73. The fraction of sp³-hybridized carbons (Fsp3) is 0.600. The summed E-state index contributed by atoms with van der Waals surface area (Å²) < 4.78 is 14.1. The Hall–Kier alpha value is -1.37. The zero-order valence-corrected chi connectivity index (χ0v) is 16.6. The molecule has 0 aromatic heterocycles. The van der Waals surface area contributed by atoms with Crippen LogP contribution in [0.15, 0.2) is 42.5 Å². The lowest BCUT2D eigenvalue weighted by atomic mass is 9.62. The topological polar surface area (TPSA) is 0 Å². The van der Waals surface area contributed by atoms with Crippen molar-refractivity contribution in [3.8, 4) is 0 Å². The smallest absolute Gasteiger partial charge is 0.131 e. The van der Waals surface area contributed by atoms with E-state index in [9.17, 15) is 4.39 Å². The van der Waals surface area contributed by atoms with Crippen LogP contribution in [0.4, 0.5) is 4.39 Å². The highest BCUT2D eigenvalue weighted by Gasteiger charge is 2.37. The number of allylic oxidation sites excluding steroid dienone is 4. The van der Waals surface area contributed by atoms with Gasteiger partial charge >= 0.3 is 0 Å². The third kappa shape index (κ3) is 4.30. The van der Waals surface area contributed by atoms with Crippen molar-refractivity contribution in [3.05, 3.63) is 53.9 Å². The van der Waals surface area contributed by atoms with Crippen molar-refractivity contribution < 1.29 is 4.39 Å². The zero-order valence-electron chi connectivity index (χ0n) is 16.6. The van der Waals surface area contributed by atoms with Gasteiger partial charge in [0, 0.05) is 5.56 Å². The lowest BCUT2D eigenvalue weighted by Crippen LogP contribution is -2.32. The van der Waals surface area contributed by atoms with Crippen LogP contribution in [0, 0.1) is 23.1 Å². The lowest BCUT2D eigenvalue weighted by Gasteiger charge is -2.43. The third-order valence-corrected chi connectivity index (χ3v) is 7.02. The number of hydrogen-bond donors (Lipinski definition) is 0. The molecule has 0 bridgehead atoms. The van der Waals surface area contributed by atoms with Gasteiger partial charge in [0.2, 0.25) is 0 Å². The molecule has 1 saturated carbocycles. The van der Waals surface area contributed by atoms with Gasteiger partial charge in [-0.05, 0) is 54.6 Å². The SMILES string of the molecule is CCCCCC1CCC(C2(CC)C=CC(c3ccccc3F)=CC2)CC1. The average molecular weight is 355 g/mol. The molecule has 1 aromatic carbocycles. The summed E-state index contributed by atoms with van der Waals surface area (Å²) in [5.74, 6) is 1.65. The van der Waals surface area contributed by atoms with Crippen LogP contribution in [-0.4, -0.2) is 0 Å². The molecule has 3 rings (SSSR count). The second kappa shape index (κ2) is 9.02. The van der Waals surface area contributed by atoms with Crippen molar-refractivity contribution in [1.29, 1.82) is 0 Å². The van der Waals surface area contributed by atoms with Crippen LogP contribution in [0.2, 0.25) is 0 Å². The largest absolute Gasteiger partial charge is 0.206 e. The van der Waals surface area contributed by atoms with Crippen molar-refractivity contribution in [2.75, 3.05) is 0 Å². The predicted octanol–water partition coefficient (Wildman–Crippen LogP) is 7.95. The molecule has 1 unspecified atom stereocenters. The van der Waals surface area contributed by atoms with E-state index in [0.717, 1.165) is 29.4 Å². The van der Waals surface area contributed by atoms with Gasteiger partial charge in [0.05, 0.1) is 0 Å². The maximum Gasteiger partial charge on any atom is 0.131 e. The normalized spacial score (nSPS) is 28.8. The maximum atomic E-state index is 14.1. The van der Waals surface area contributed by atoms with Crippen LogP contribution in [0.3, 0.4) is 0 Å². The molecule has 1 atom stereocenters. The summed E-state index contributed by atoms with van der Waals surface area (Å²) >= 11 is 0. The second-order valence-electron chi connectivity index (χ2n) is 8.48. The van der Waals surface area contributed by atoms with Crippen molar-refractivity contribution in [1.82, 2.24) is 0 Å². The number of rotatable bonds is 7. The minimum absolute atomic E-state index is 0.111. The van der Waals surface area contributed by atoms with Gasteiger partial charge in [-0.2, -0.15) is 0 Å². The van der Waals surface area contributed by atoms with Gasteiger partial charge in [-0.25, -0.2) is 4.39 Å². The number of halogens is 1. The molecule has 26 heavy (non-hydrogen) atoms. The third-order valence-electron chi connectivity index (χ3n) is 7.02. The molecule has 0 N–H and O–H groups in total. The van der Waals surface area contributed by atoms with E-state index >= 15 is 0 Å². The molecule has 0 spiro atoms. The van der Waals surface area contributed by atoms with Crippen LogP contribution < -0.4 is 0 Å². The van der Waals surface area contributed by atoms with Crippen molar-refractivity contribution in [3.63, 3.8) is 0 Å². The Morgan fingerprint density at radius 1 is 1.04 bits per heavy atom. The maximum absolute atomic E-state index is 14.1. The Morgan fingerprint density at radius 3 is 2.42 bits per heavy atom. The molecule has 0 radical (unpaired) electrons. The molecule has 1 heteroatoms. The van der Waals surface area contributed by atoms with Gasteiger partial charge in [0.1, 0.15) is 5.82 Å². The molecule has 0 heterocycles. The molecular weight excluding hydrogens is 319 g/mol. The van der Waals surface area contributed by atoms with E-state index in [4.69, 9.17) is 0 Å². The summed E-state index contributed by atoms with van der Waals surface area (Å²) in [6, 6.07) is 7.15. The van der Waals surface area contributed by atoms with E-state index < -0.39 is 0 Å². The average Bonchev–Trinajstić information content (AvgIpc) is 2.69. The molecular formula is C25H35F. The number of unbranched alkanes of at least 4 members (excludes halogenated alkanes) is 2. The molecule has 1 fully saturated rings. The van der Waals surface area contributed by atoms with Crippen LogP contribution in [-0.2, 0) is 0 Å². The standard InChI is InChI=1S/C25H35F/c1-3-5-6-9-20-12-14-22(15-13-20)25(4-2)18-16-21(17-19-25)23-10-7-8-11-24(23)26/h7-8,10-11,16-18,20,22H,3-6,9,12-15,19H2,1-2H3. The molecule has 0 saturated heterocycles. The van der Waals surface area contributed by atoms with Crippen LogP contribution in [0.25, 0.3) is 5.57 Å². The van der Waals surface area contributed by atoms with E-state index in [-0.39, 0.29) is 5.82 Å². The number of benzene rings is 1. The molecule has 0 aliphatic heterocycles. The Labute approximate surface area is 159 Å². The quantitative estimate of drug-likeness (QED) is 0.436. The van der Waals surface area contributed by atoms with Gasteiger partial charge < -0.3 is 0 Å². The van der Waals surface area contributed by atoms with Gasteiger partial charge in [0.15, 0.2) is 0 Å². The minimum atomic E-state index is -0.111. The van der Waals surface area contributed by atoms with E-state index in [0.29, 0.717) is 5.41 Å². The predicted molar refractivity (Wildman–Crippen MR) is 110 cm³/mol. The van der Waals surface area contributed by atoms with Crippen LogP contribution in [0.5, 0.6) is 0 Å². The van der Waals surface area contributed by atoms with Gasteiger partial charge in [-0.15, -0.1) is 0 Å². The summed E-state index contributed by atoms with van der Waals surface area (Å²) in [5.41, 5.74) is 2.09. The fourth-order valence-corrected chi connectivity index (χ4v) is 5.15. The summed E-state index contributed by atoms with van der Waals surface area (Å²) in [6.07, 6.45) is 20.3. The van der Waals surface area contributed by atoms with Crippen molar-refractivity contribution in [2.24, 2.45) is 17.3 Å². The monoisotopic (exact) mass is 354 g/mol. The highest BCUT2D eigenvalue weighted by molar-refractivity contribution is 5.75. The highest BCUT2D eigenvalue weighted by Crippen LogP contribution is 2.49. The fourth-order valence-electron chi connectivity index (χ4n) is 5.15. The highest BCUT2D eigenvalue weighted by atomic mass is 19.1. The van der Waals surface area contributed by atoms with E-state index in [1.54, 1.807) is 12.1 Å². The van der Waals surface area contributed by atoms with Gasteiger partial charge in [-0.3, -0.25) is 0 Å². The van der Waals surface area contributed by atoms with Gasteiger partial charge in [-0.1, -0.05) is 88.8 Å². The molecule has 2 aliphatic rings. The molecule has 2 aliphatic carbocycles. The minimum Gasteiger partial charge on any atom is -0.206 e. The summed E-state index contributed by atoms with van der Waals surface area (Å²) in [5, 5.41) is 0. The lowest BCUT2D eigenvalue weighted by molar-refractivity contribution is 0.135. The van der Waals surface area contributed by atoms with E-state index in [1.807, 2.05) is 12.1 Å². The first-order chi connectivity index (χ1) is 12.7. The summed E-state index contributed by atoms with van der Waals surface area (Å²) in [6.45, 7) is 4.63. The van der Waals surface area contributed by atoms with Crippen LogP contribution >= 0.6 is 0 Å². The molecule has 0 amide bonds. The van der Waals surface area contributed by atoms with Crippen LogP contribution in [0.1, 0.15) is 83.6 Å². The zero-order chi connectivity index (χ0) is 18.4. The second-order valence-corrected chi connectivity index (χ2v) is 8.48. The Bertz CT molecular complexity index is 633.